The van der Waals surface area contributed by atoms with Crippen molar-refractivity contribution in [2.75, 3.05) is 0 Å². The highest BCUT2D eigenvalue weighted by molar-refractivity contribution is 5.85. The van der Waals surface area contributed by atoms with Gasteiger partial charge in [0.25, 0.3) is 0 Å². The average Bonchev–Trinajstić information content (AvgIpc) is 1.99. The van der Waals surface area contributed by atoms with E-state index in [2.05, 4.69) is 4.98 Å². The van der Waals surface area contributed by atoms with Gasteiger partial charge in [0.2, 0.25) is 5.43 Å². The van der Waals surface area contributed by atoms with Crippen molar-refractivity contribution in [1.82, 2.24) is 4.98 Å². The second-order valence-electron chi connectivity index (χ2n) is 1.50. The molecule has 0 N–H and O–H groups in total. The van der Waals surface area contributed by atoms with E-state index in [-0.39, 0.29) is 12.4 Å². The smallest absolute Gasteiger partial charge is 0.215 e. The molecule has 4 heteroatoms. The van der Waals surface area contributed by atoms with Crippen LogP contribution in [0.25, 0.3) is 0 Å². The van der Waals surface area contributed by atoms with Crippen LogP contribution in [-0.4, -0.2) is 4.98 Å². The Hall–Kier alpha value is -0.960. The van der Waals surface area contributed by atoms with E-state index < -0.39 is 11.2 Å². The molecular formula is C6H5ClFNO. The maximum absolute atomic E-state index is 12.2. The van der Waals surface area contributed by atoms with Crippen LogP contribution in [0.1, 0.15) is 0 Å². The highest BCUT2D eigenvalue weighted by atomic mass is 35.5. The van der Waals surface area contributed by atoms with Crippen LogP contribution in [0.15, 0.2) is 29.3 Å². The van der Waals surface area contributed by atoms with Crippen molar-refractivity contribution >= 4 is 12.4 Å². The summed E-state index contributed by atoms with van der Waals surface area (Å²) in [5.74, 6) is -0.819. The summed E-state index contributed by atoms with van der Waals surface area (Å²) in [7, 11) is 0. The van der Waals surface area contributed by atoms with Gasteiger partial charge in [-0.3, -0.25) is 9.78 Å². The fraction of sp³-hybridized carbons (Fsp3) is 0. The van der Waals surface area contributed by atoms with E-state index in [1.54, 1.807) is 0 Å². The van der Waals surface area contributed by atoms with Crippen LogP contribution in [0, 0.1) is 5.82 Å². The van der Waals surface area contributed by atoms with Gasteiger partial charge < -0.3 is 0 Å². The molecule has 1 aromatic rings. The van der Waals surface area contributed by atoms with Crippen molar-refractivity contribution in [3.05, 3.63) is 40.6 Å². The average molecular weight is 162 g/mol. The summed E-state index contributed by atoms with van der Waals surface area (Å²) in [6.45, 7) is 0. The van der Waals surface area contributed by atoms with Gasteiger partial charge in [-0.2, -0.15) is 0 Å². The van der Waals surface area contributed by atoms with Crippen LogP contribution >= 0.6 is 12.4 Å². The number of nitrogens with zero attached hydrogens (tertiary/aromatic N) is 1. The predicted octanol–water partition coefficient (Wildman–Crippen LogP) is 1.00. The van der Waals surface area contributed by atoms with E-state index in [4.69, 9.17) is 0 Å². The molecule has 10 heavy (non-hydrogen) atoms. The topological polar surface area (TPSA) is 30.0 Å². The number of hydrogen-bond donors (Lipinski definition) is 0. The van der Waals surface area contributed by atoms with Crippen molar-refractivity contribution in [2.45, 2.75) is 0 Å². The molecule has 0 aliphatic rings. The minimum Gasteiger partial charge on any atom is -0.287 e. The predicted molar refractivity (Wildman–Crippen MR) is 37.7 cm³/mol. The Balaban J connectivity index is 0.000000810. The maximum Gasteiger partial charge on any atom is 0.215 e. The molecule has 0 saturated heterocycles. The zero-order valence-electron chi connectivity index (χ0n) is 4.95. The molecule has 0 saturated carbocycles. The molecular weight excluding hydrogens is 157 g/mol. The third-order valence-electron chi connectivity index (χ3n) is 0.843. The SMILES string of the molecule is Cl.O=c1cccncc1F. The highest BCUT2D eigenvalue weighted by Gasteiger charge is 1.88. The molecule has 0 aromatic carbocycles. The van der Waals surface area contributed by atoms with E-state index in [0.29, 0.717) is 0 Å². The Kier molecular flexibility index (Phi) is 3.57. The number of hydrogen-bond acceptors (Lipinski definition) is 2. The molecule has 1 heterocycles. The lowest BCUT2D eigenvalue weighted by Gasteiger charge is -1.68. The summed E-state index contributed by atoms with van der Waals surface area (Å²) >= 11 is 0. The van der Waals surface area contributed by atoms with E-state index in [9.17, 15) is 9.18 Å². The van der Waals surface area contributed by atoms with Crippen LogP contribution in [0.4, 0.5) is 4.39 Å². The van der Waals surface area contributed by atoms with Gasteiger partial charge in [0, 0.05) is 6.20 Å². The monoisotopic (exact) mass is 161 g/mol. The summed E-state index contributed by atoms with van der Waals surface area (Å²) in [5, 5.41) is 0. The van der Waals surface area contributed by atoms with Crippen LogP contribution in [0.5, 0.6) is 0 Å². The van der Waals surface area contributed by atoms with E-state index in [1.165, 1.54) is 12.3 Å². The first-order valence-corrected chi connectivity index (χ1v) is 2.40. The highest BCUT2D eigenvalue weighted by Crippen LogP contribution is 1.79. The molecule has 0 fully saturated rings. The van der Waals surface area contributed by atoms with Gasteiger partial charge in [-0.05, 0) is 12.1 Å². The van der Waals surface area contributed by atoms with E-state index in [0.717, 1.165) is 12.3 Å². The Labute approximate surface area is 63.1 Å². The Morgan fingerprint density at radius 1 is 1.50 bits per heavy atom. The van der Waals surface area contributed by atoms with Crippen molar-refractivity contribution < 1.29 is 4.39 Å². The van der Waals surface area contributed by atoms with E-state index >= 15 is 0 Å². The van der Waals surface area contributed by atoms with Gasteiger partial charge in [0.1, 0.15) is 0 Å². The van der Waals surface area contributed by atoms with Gasteiger partial charge in [-0.25, -0.2) is 4.39 Å². The van der Waals surface area contributed by atoms with Crippen molar-refractivity contribution in [1.29, 1.82) is 0 Å². The van der Waals surface area contributed by atoms with Gasteiger partial charge in [0.05, 0.1) is 6.20 Å². The second kappa shape index (κ2) is 3.95. The lowest BCUT2D eigenvalue weighted by atomic mass is 10.5. The van der Waals surface area contributed by atoms with Gasteiger partial charge >= 0.3 is 0 Å². The number of rotatable bonds is 0. The minimum absolute atomic E-state index is 0. The summed E-state index contributed by atoms with van der Waals surface area (Å²) < 4.78 is 12.2. The minimum atomic E-state index is -0.819. The molecule has 0 aliphatic carbocycles. The Morgan fingerprint density at radius 2 is 2.20 bits per heavy atom. The van der Waals surface area contributed by atoms with Crippen LogP contribution in [-0.2, 0) is 0 Å². The molecule has 1 aromatic heterocycles. The first-order valence-electron chi connectivity index (χ1n) is 2.40. The largest absolute Gasteiger partial charge is 0.287 e. The zero-order valence-corrected chi connectivity index (χ0v) is 5.77. The third-order valence-corrected chi connectivity index (χ3v) is 0.843. The third kappa shape index (κ3) is 2.11. The zero-order chi connectivity index (χ0) is 6.69. The molecule has 54 valence electrons. The summed E-state index contributed by atoms with van der Waals surface area (Å²) in [6.07, 6.45) is 2.24. The van der Waals surface area contributed by atoms with E-state index in [1.807, 2.05) is 0 Å². The van der Waals surface area contributed by atoms with Crippen LogP contribution < -0.4 is 5.43 Å². The quantitative estimate of drug-likeness (QED) is 0.568. The van der Waals surface area contributed by atoms with Crippen LogP contribution in [0.3, 0.4) is 0 Å². The summed E-state index contributed by atoms with van der Waals surface area (Å²) in [4.78, 5) is 13.8. The first kappa shape index (κ1) is 9.04. The van der Waals surface area contributed by atoms with Gasteiger partial charge in [-0.15, -0.1) is 12.4 Å². The second-order valence-corrected chi connectivity index (χ2v) is 1.50. The van der Waals surface area contributed by atoms with Crippen LogP contribution in [0.2, 0.25) is 0 Å². The van der Waals surface area contributed by atoms with Crippen molar-refractivity contribution in [2.24, 2.45) is 0 Å². The van der Waals surface area contributed by atoms with Gasteiger partial charge in [0.15, 0.2) is 5.82 Å². The van der Waals surface area contributed by atoms with Crippen molar-refractivity contribution in [3.63, 3.8) is 0 Å². The standard InChI is InChI=1S/C6H4FNO.ClH/c7-5-4-8-3-1-2-6(5)9;/h1-4H;1H. The fourth-order valence-electron chi connectivity index (χ4n) is 0.432. The molecule has 0 atom stereocenters. The number of halogens is 2. The molecule has 0 radical (unpaired) electrons. The fourth-order valence-corrected chi connectivity index (χ4v) is 0.432. The summed E-state index contributed by atoms with van der Waals surface area (Å²) in [6, 6.07) is 2.52. The molecule has 0 amide bonds. The normalized spacial score (nSPS) is 8.10. The van der Waals surface area contributed by atoms with Crippen molar-refractivity contribution in [3.8, 4) is 0 Å². The number of aromatic nitrogens is 1. The first-order chi connectivity index (χ1) is 4.30. The lowest BCUT2D eigenvalue weighted by Crippen LogP contribution is -1.98. The molecule has 0 aliphatic heterocycles. The molecule has 0 unspecified atom stereocenters. The molecule has 0 spiro atoms. The maximum atomic E-state index is 12.2. The molecule has 0 bridgehead atoms. The molecule has 2 nitrogen and oxygen atoms in total. The van der Waals surface area contributed by atoms with Gasteiger partial charge in [-0.1, -0.05) is 0 Å². The Morgan fingerprint density at radius 3 is 2.90 bits per heavy atom. The Bertz CT molecular complexity index is 266. The lowest BCUT2D eigenvalue weighted by molar-refractivity contribution is 0.614. The molecule has 1 rings (SSSR count). The summed E-state index contributed by atoms with van der Waals surface area (Å²) in [5.41, 5.74) is -0.632.